The summed E-state index contributed by atoms with van der Waals surface area (Å²) >= 11 is 0. The summed E-state index contributed by atoms with van der Waals surface area (Å²) in [5, 5.41) is 11.6. The standard InChI is InChI=1S/C22H24N2O11/c1-11(25)31-10-18-19(32-12(2)26)20(33-13(3)27)21(34-14(4)28)22(35-18)23-8-7-15-9-16(24(29)30)5-6-17(15)23/h5-9,18-22H,10H2,1-4H3/t18-,19-,20+,21-,22-/m1/s1. The quantitative estimate of drug-likeness (QED) is 0.240. The topological polar surface area (TPSA) is 162 Å². The molecule has 0 N–H and O–H groups in total. The van der Waals surface area contributed by atoms with Crippen LogP contribution < -0.4 is 0 Å². The van der Waals surface area contributed by atoms with Crippen molar-refractivity contribution in [2.75, 3.05) is 6.61 Å². The third kappa shape index (κ3) is 5.93. The van der Waals surface area contributed by atoms with Crippen molar-refractivity contribution in [1.82, 2.24) is 4.57 Å². The highest BCUT2D eigenvalue weighted by atomic mass is 16.7. The summed E-state index contributed by atoms with van der Waals surface area (Å²) in [4.78, 5) is 57.8. The SMILES string of the molecule is CC(=O)OC[C@H]1O[C@@H](n2ccc3cc([N+](=O)[O-])ccc32)[C@H](OC(C)=O)[C@@H](OC(C)=O)[C@@H]1OC(C)=O. The van der Waals surface area contributed by atoms with E-state index in [-0.39, 0.29) is 12.3 Å². The second-order valence-electron chi connectivity index (χ2n) is 7.81. The van der Waals surface area contributed by atoms with Gasteiger partial charge in [-0.2, -0.15) is 0 Å². The van der Waals surface area contributed by atoms with Crippen molar-refractivity contribution in [1.29, 1.82) is 0 Å². The highest BCUT2D eigenvalue weighted by Crippen LogP contribution is 2.37. The van der Waals surface area contributed by atoms with Gasteiger partial charge in [0.25, 0.3) is 5.69 Å². The van der Waals surface area contributed by atoms with Gasteiger partial charge in [0, 0.05) is 51.4 Å². The second-order valence-corrected chi connectivity index (χ2v) is 7.81. The van der Waals surface area contributed by atoms with Crippen molar-refractivity contribution in [2.24, 2.45) is 0 Å². The summed E-state index contributed by atoms with van der Waals surface area (Å²) in [7, 11) is 0. The zero-order chi connectivity index (χ0) is 25.9. The van der Waals surface area contributed by atoms with Crippen molar-refractivity contribution in [3.05, 3.63) is 40.6 Å². The van der Waals surface area contributed by atoms with Gasteiger partial charge in [-0.25, -0.2) is 0 Å². The molecule has 1 aromatic carbocycles. The molecular formula is C22H24N2O11. The first kappa shape index (κ1) is 25.6. The van der Waals surface area contributed by atoms with Crippen LogP contribution in [-0.2, 0) is 42.9 Å². The molecule has 188 valence electrons. The maximum atomic E-state index is 12.0. The number of nitro groups is 1. The molecule has 13 heteroatoms. The molecule has 1 aromatic heterocycles. The lowest BCUT2D eigenvalue weighted by Gasteiger charge is -2.44. The lowest BCUT2D eigenvalue weighted by atomic mass is 9.97. The minimum Gasteiger partial charge on any atom is -0.463 e. The predicted molar refractivity (Wildman–Crippen MR) is 116 cm³/mol. The van der Waals surface area contributed by atoms with E-state index >= 15 is 0 Å². The van der Waals surface area contributed by atoms with E-state index in [0.29, 0.717) is 10.9 Å². The Balaban J connectivity index is 2.13. The smallest absolute Gasteiger partial charge is 0.303 e. The largest absolute Gasteiger partial charge is 0.463 e. The molecule has 1 aliphatic rings. The van der Waals surface area contributed by atoms with Crippen LogP contribution in [-0.4, -0.2) is 64.4 Å². The van der Waals surface area contributed by atoms with E-state index in [2.05, 4.69) is 0 Å². The summed E-state index contributed by atoms with van der Waals surface area (Å²) in [5.74, 6) is -2.84. The number of benzene rings is 1. The Morgan fingerprint density at radius 3 is 2.09 bits per heavy atom. The molecule has 0 bridgehead atoms. The van der Waals surface area contributed by atoms with Gasteiger partial charge in [-0.3, -0.25) is 29.3 Å². The van der Waals surface area contributed by atoms with Crippen LogP contribution in [0.1, 0.15) is 33.9 Å². The Morgan fingerprint density at radius 2 is 1.51 bits per heavy atom. The molecule has 3 rings (SSSR count). The summed E-state index contributed by atoms with van der Waals surface area (Å²) in [5.41, 5.74) is 0.355. The number of carbonyl (C=O) groups excluding carboxylic acids is 4. The molecule has 0 radical (unpaired) electrons. The maximum Gasteiger partial charge on any atom is 0.303 e. The fraction of sp³-hybridized carbons (Fsp3) is 0.455. The third-order valence-electron chi connectivity index (χ3n) is 5.16. The van der Waals surface area contributed by atoms with E-state index in [4.69, 9.17) is 23.7 Å². The van der Waals surface area contributed by atoms with Gasteiger partial charge >= 0.3 is 23.9 Å². The summed E-state index contributed by atoms with van der Waals surface area (Å²) in [6, 6.07) is 5.74. The minimum atomic E-state index is -1.32. The minimum absolute atomic E-state index is 0.128. The van der Waals surface area contributed by atoms with E-state index in [1.807, 2.05) is 0 Å². The number of rotatable bonds is 7. The number of nitro benzene ring substituents is 1. The molecular weight excluding hydrogens is 468 g/mol. The predicted octanol–water partition coefficient (Wildman–Crippen LogP) is 1.81. The van der Waals surface area contributed by atoms with E-state index in [1.54, 1.807) is 12.3 Å². The number of non-ortho nitro benzene ring substituents is 1. The van der Waals surface area contributed by atoms with Crippen molar-refractivity contribution >= 4 is 40.5 Å². The van der Waals surface area contributed by atoms with E-state index < -0.39 is 59.4 Å². The van der Waals surface area contributed by atoms with Crippen molar-refractivity contribution < 1.29 is 47.8 Å². The van der Waals surface area contributed by atoms with E-state index in [0.717, 1.165) is 20.8 Å². The Bertz CT molecular complexity index is 1160. The molecule has 5 atom stereocenters. The highest BCUT2D eigenvalue weighted by molar-refractivity contribution is 5.82. The highest BCUT2D eigenvalue weighted by Gasteiger charge is 2.53. The molecule has 1 saturated heterocycles. The molecule has 0 spiro atoms. The van der Waals surface area contributed by atoms with Crippen LogP contribution in [0.5, 0.6) is 0 Å². The van der Waals surface area contributed by atoms with Crippen LogP contribution in [0.4, 0.5) is 5.69 Å². The summed E-state index contributed by atoms with van der Waals surface area (Å²) in [6.45, 7) is 4.22. The molecule has 0 saturated carbocycles. The van der Waals surface area contributed by atoms with Crippen LogP contribution in [0, 0.1) is 10.1 Å². The van der Waals surface area contributed by atoms with Gasteiger partial charge in [-0.05, 0) is 12.1 Å². The Labute approximate surface area is 199 Å². The second kappa shape index (κ2) is 10.5. The van der Waals surface area contributed by atoms with Gasteiger partial charge in [-0.15, -0.1) is 0 Å². The first-order valence-electron chi connectivity index (χ1n) is 10.5. The van der Waals surface area contributed by atoms with Crippen LogP contribution in [0.2, 0.25) is 0 Å². The molecule has 1 fully saturated rings. The molecule has 35 heavy (non-hydrogen) atoms. The number of carbonyl (C=O) groups is 4. The molecule has 1 aliphatic heterocycles. The Kier molecular flexibility index (Phi) is 7.69. The van der Waals surface area contributed by atoms with Crippen molar-refractivity contribution in [3.8, 4) is 0 Å². The Morgan fingerprint density at radius 1 is 0.914 bits per heavy atom. The molecule has 13 nitrogen and oxygen atoms in total. The van der Waals surface area contributed by atoms with Gasteiger partial charge in [0.1, 0.15) is 12.7 Å². The number of hydrogen-bond donors (Lipinski definition) is 0. The molecule has 2 aromatic rings. The average Bonchev–Trinajstić information content (AvgIpc) is 3.17. The molecule has 0 amide bonds. The van der Waals surface area contributed by atoms with E-state index in [9.17, 15) is 29.3 Å². The first-order chi connectivity index (χ1) is 16.5. The molecule has 2 heterocycles. The summed E-state index contributed by atoms with van der Waals surface area (Å²) < 4.78 is 29.0. The van der Waals surface area contributed by atoms with E-state index in [1.165, 1.54) is 29.7 Å². The summed E-state index contributed by atoms with van der Waals surface area (Å²) in [6.07, 6.45) is -4.60. The molecule has 0 unspecified atom stereocenters. The lowest BCUT2D eigenvalue weighted by Crippen LogP contribution is -2.60. The van der Waals surface area contributed by atoms with Gasteiger partial charge in [0.2, 0.25) is 0 Å². The fourth-order valence-electron chi connectivity index (χ4n) is 3.92. The van der Waals surface area contributed by atoms with Gasteiger partial charge < -0.3 is 28.3 Å². The number of nitrogens with zero attached hydrogens (tertiary/aromatic N) is 2. The van der Waals surface area contributed by atoms with Gasteiger partial charge in [0.15, 0.2) is 24.5 Å². The monoisotopic (exact) mass is 492 g/mol. The number of hydrogen-bond acceptors (Lipinski definition) is 11. The van der Waals surface area contributed by atoms with Crippen molar-refractivity contribution in [3.63, 3.8) is 0 Å². The van der Waals surface area contributed by atoms with Gasteiger partial charge in [-0.1, -0.05) is 0 Å². The first-order valence-corrected chi connectivity index (χ1v) is 10.5. The van der Waals surface area contributed by atoms with Crippen LogP contribution in [0.25, 0.3) is 10.9 Å². The zero-order valence-corrected chi connectivity index (χ0v) is 19.4. The number of aromatic nitrogens is 1. The van der Waals surface area contributed by atoms with Crippen LogP contribution >= 0.6 is 0 Å². The number of esters is 4. The molecule has 0 aliphatic carbocycles. The number of fused-ring (bicyclic) bond motifs is 1. The average molecular weight is 492 g/mol. The maximum absolute atomic E-state index is 12.0. The fourth-order valence-corrected chi connectivity index (χ4v) is 3.92. The van der Waals surface area contributed by atoms with Crippen LogP contribution in [0.3, 0.4) is 0 Å². The third-order valence-corrected chi connectivity index (χ3v) is 5.16. The Hall–Kier alpha value is -4.00. The normalized spacial score (nSPS) is 23.8. The number of ether oxygens (including phenoxy) is 5. The van der Waals surface area contributed by atoms with Crippen LogP contribution in [0.15, 0.2) is 30.5 Å². The lowest BCUT2D eigenvalue weighted by molar-refractivity contribution is -0.384. The van der Waals surface area contributed by atoms with Crippen molar-refractivity contribution in [2.45, 2.75) is 58.3 Å². The zero-order valence-electron chi connectivity index (χ0n) is 19.4. The van der Waals surface area contributed by atoms with Gasteiger partial charge in [0.05, 0.1) is 10.4 Å².